The van der Waals surface area contributed by atoms with Crippen molar-refractivity contribution in [1.29, 1.82) is 0 Å². The summed E-state index contributed by atoms with van der Waals surface area (Å²) in [4.78, 5) is 10.6. The zero-order valence-corrected chi connectivity index (χ0v) is 6.54. The van der Waals surface area contributed by atoms with Crippen molar-refractivity contribution in [1.82, 2.24) is 0 Å². The Balaban J connectivity index is 3.07. The van der Waals surface area contributed by atoms with Crippen molar-refractivity contribution in [3.8, 4) is 0 Å². The zero-order valence-electron chi connectivity index (χ0n) is 5.72. The van der Waals surface area contributed by atoms with Crippen LogP contribution < -0.4 is 0 Å². The Kier molecular flexibility index (Phi) is 5.73. The second-order valence-corrected chi connectivity index (χ2v) is 3.01. The second-order valence-electron chi connectivity index (χ2n) is 1.62. The van der Waals surface area contributed by atoms with Gasteiger partial charge in [-0.05, 0) is 11.8 Å². The minimum atomic E-state index is 0.149. The average Bonchev–Trinajstić information content (AvgIpc) is 1.89. The summed E-state index contributed by atoms with van der Waals surface area (Å²) in [5, 5.41) is 0. The van der Waals surface area contributed by atoms with Gasteiger partial charge in [0.15, 0.2) is 5.78 Å². The van der Waals surface area contributed by atoms with E-state index >= 15 is 0 Å². The molecular formula is C7H12OS. The zero-order chi connectivity index (χ0) is 7.11. The van der Waals surface area contributed by atoms with Crippen molar-refractivity contribution in [3.05, 3.63) is 12.7 Å². The molecule has 0 heterocycles. The molecule has 0 amide bonds. The van der Waals surface area contributed by atoms with Gasteiger partial charge >= 0.3 is 0 Å². The van der Waals surface area contributed by atoms with Gasteiger partial charge in [-0.1, -0.05) is 13.5 Å². The number of hydrogen-bond donors (Lipinski definition) is 0. The van der Waals surface area contributed by atoms with Gasteiger partial charge in [0.25, 0.3) is 0 Å². The van der Waals surface area contributed by atoms with Gasteiger partial charge in [0.1, 0.15) is 0 Å². The Morgan fingerprint density at radius 2 is 2.44 bits per heavy atom. The monoisotopic (exact) mass is 144 g/mol. The highest BCUT2D eigenvalue weighted by Gasteiger charge is 1.92. The molecule has 0 unspecified atom stereocenters. The van der Waals surface area contributed by atoms with Crippen LogP contribution in [0.25, 0.3) is 0 Å². The first kappa shape index (κ1) is 8.76. The number of rotatable bonds is 5. The number of hydrogen-bond acceptors (Lipinski definition) is 2. The summed E-state index contributed by atoms with van der Waals surface area (Å²) in [7, 11) is 0. The number of carbonyl (C=O) groups is 1. The smallest absolute Gasteiger partial charge is 0.155 e. The van der Waals surface area contributed by atoms with Crippen molar-refractivity contribution in [2.24, 2.45) is 0 Å². The lowest BCUT2D eigenvalue weighted by molar-refractivity contribution is -0.114. The Bertz CT molecular complexity index is 99.1. The van der Waals surface area contributed by atoms with Crippen LogP contribution in [0.1, 0.15) is 13.3 Å². The van der Waals surface area contributed by atoms with E-state index < -0.39 is 0 Å². The topological polar surface area (TPSA) is 17.1 Å². The van der Waals surface area contributed by atoms with Gasteiger partial charge < -0.3 is 0 Å². The van der Waals surface area contributed by atoms with Crippen molar-refractivity contribution in [2.75, 3.05) is 11.5 Å². The summed E-state index contributed by atoms with van der Waals surface area (Å²) in [6, 6.07) is 0. The lowest BCUT2D eigenvalue weighted by atomic mass is 10.3. The summed E-state index contributed by atoms with van der Waals surface area (Å²) in [6.07, 6.45) is 2.03. The maximum Gasteiger partial charge on any atom is 0.155 e. The molecule has 0 radical (unpaired) electrons. The van der Waals surface area contributed by atoms with Gasteiger partial charge in [-0.15, -0.1) is 0 Å². The molecule has 0 saturated carbocycles. The summed E-state index contributed by atoms with van der Waals surface area (Å²) in [5.74, 6) is 2.17. The van der Waals surface area contributed by atoms with E-state index in [0.717, 1.165) is 11.5 Å². The Morgan fingerprint density at radius 1 is 1.78 bits per heavy atom. The third-order valence-corrected chi connectivity index (χ3v) is 1.83. The molecule has 0 rings (SSSR count). The first-order valence-electron chi connectivity index (χ1n) is 3.04. The lowest BCUT2D eigenvalue weighted by Gasteiger charge is -1.92. The number of allylic oxidation sites excluding steroid dienone is 1. The van der Waals surface area contributed by atoms with Crippen molar-refractivity contribution < 1.29 is 4.79 Å². The summed E-state index contributed by atoms with van der Waals surface area (Å²) < 4.78 is 0. The average molecular weight is 144 g/mol. The van der Waals surface area contributed by atoms with Crippen LogP contribution in [0, 0.1) is 0 Å². The molecule has 0 saturated heterocycles. The maximum absolute atomic E-state index is 10.6. The standard InChI is InChI=1S/C7H12OS/c1-3-7(8)5-6-9-4-2/h3H,1,4-6H2,2H3. The molecule has 0 aliphatic rings. The fourth-order valence-corrected chi connectivity index (χ4v) is 1.05. The molecule has 52 valence electrons. The third-order valence-electron chi connectivity index (χ3n) is 0.925. The van der Waals surface area contributed by atoms with Crippen molar-refractivity contribution >= 4 is 17.5 Å². The van der Waals surface area contributed by atoms with E-state index in [1.807, 2.05) is 0 Å². The van der Waals surface area contributed by atoms with Crippen LogP contribution in [0.4, 0.5) is 0 Å². The molecule has 0 aromatic carbocycles. The van der Waals surface area contributed by atoms with Crippen LogP contribution in [0.5, 0.6) is 0 Å². The van der Waals surface area contributed by atoms with Crippen molar-refractivity contribution in [2.45, 2.75) is 13.3 Å². The quantitative estimate of drug-likeness (QED) is 0.433. The summed E-state index contributed by atoms with van der Waals surface area (Å²) in [6.45, 7) is 5.47. The minimum Gasteiger partial charge on any atom is -0.295 e. The Morgan fingerprint density at radius 3 is 2.89 bits per heavy atom. The molecule has 9 heavy (non-hydrogen) atoms. The number of ketones is 1. The first-order valence-corrected chi connectivity index (χ1v) is 4.19. The molecule has 0 aliphatic carbocycles. The van der Waals surface area contributed by atoms with E-state index in [1.165, 1.54) is 6.08 Å². The third kappa shape index (κ3) is 5.63. The normalized spacial score (nSPS) is 9.00. The largest absolute Gasteiger partial charge is 0.295 e. The predicted octanol–water partition coefficient (Wildman–Crippen LogP) is 1.88. The van der Waals surface area contributed by atoms with E-state index in [4.69, 9.17) is 0 Å². The highest BCUT2D eigenvalue weighted by atomic mass is 32.2. The molecule has 0 aromatic rings. The van der Waals surface area contributed by atoms with E-state index in [-0.39, 0.29) is 5.78 Å². The van der Waals surface area contributed by atoms with E-state index in [2.05, 4.69) is 13.5 Å². The lowest BCUT2D eigenvalue weighted by Crippen LogP contribution is -1.93. The fraction of sp³-hybridized carbons (Fsp3) is 0.571. The number of carbonyl (C=O) groups excluding carboxylic acids is 1. The van der Waals surface area contributed by atoms with Gasteiger partial charge in [-0.25, -0.2) is 0 Å². The van der Waals surface area contributed by atoms with Crippen LogP contribution in [0.15, 0.2) is 12.7 Å². The molecule has 0 aromatic heterocycles. The molecule has 2 heteroatoms. The molecule has 0 spiro atoms. The minimum absolute atomic E-state index is 0.149. The molecule has 1 nitrogen and oxygen atoms in total. The van der Waals surface area contributed by atoms with Gasteiger partial charge in [0, 0.05) is 12.2 Å². The number of thioether (sulfide) groups is 1. The van der Waals surface area contributed by atoms with E-state index in [1.54, 1.807) is 11.8 Å². The van der Waals surface area contributed by atoms with Gasteiger partial charge in [0.05, 0.1) is 0 Å². The van der Waals surface area contributed by atoms with Gasteiger partial charge in [-0.2, -0.15) is 11.8 Å². The van der Waals surface area contributed by atoms with Crippen LogP contribution >= 0.6 is 11.8 Å². The van der Waals surface area contributed by atoms with Crippen LogP contribution in [-0.2, 0) is 4.79 Å². The molecule has 0 bridgehead atoms. The second kappa shape index (κ2) is 5.89. The van der Waals surface area contributed by atoms with Crippen molar-refractivity contribution in [3.63, 3.8) is 0 Å². The van der Waals surface area contributed by atoms with Gasteiger partial charge in [-0.3, -0.25) is 4.79 Å². The highest BCUT2D eigenvalue weighted by molar-refractivity contribution is 7.99. The first-order chi connectivity index (χ1) is 4.31. The molecular weight excluding hydrogens is 132 g/mol. The summed E-state index contributed by atoms with van der Waals surface area (Å²) >= 11 is 1.78. The fourth-order valence-electron chi connectivity index (χ4n) is 0.419. The van der Waals surface area contributed by atoms with Crippen LogP contribution in [-0.4, -0.2) is 17.3 Å². The maximum atomic E-state index is 10.6. The van der Waals surface area contributed by atoms with Crippen LogP contribution in [0.3, 0.4) is 0 Å². The molecule has 0 aliphatic heterocycles. The molecule has 0 fully saturated rings. The molecule has 0 N–H and O–H groups in total. The van der Waals surface area contributed by atoms with E-state index in [9.17, 15) is 4.79 Å². The highest BCUT2D eigenvalue weighted by Crippen LogP contribution is 2.00. The predicted molar refractivity (Wildman–Crippen MR) is 42.8 cm³/mol. The van der Waals surface area contributed by atoms with Gasteiger partial charge in [0.2, 0.25) is 0 Å². The van der Waals surface area contributed by atoms with Crippen LogP contribution in [0.2, 0.25) is 0 Å². The SMILES string of the molecule is C=CC(=O)CCSCC. The Labute approximate surface area is 60.5 Å². The Hall–Kier alpha value is -0.240. The summed E-state index contributed by atoms with van der Waals surface area (Å²) in [5.41, 5.74) is 0. The molecule has 0 atom stereocenters. The van der Waals surface area contributed by atoms with E-state index in [0.29, 0.717) is 6.42 Å².